The number of amides is 2. The number of halogens is 3. The lowest BCUT2D eigenvalue weighted by atomic mass is 9.94. The zero-order valence-corrected chi connectivity index (χ0v) is 21.5. The number of urea groups is 1. The van der Waals surface area contributed by atoms with Crippen molar-refractivity contribution < 1.29 is 18.0 Å². The number of rotatable bonds is 6. The maximum Gasteiger partial charge on any atom is 0.416 e. The third-order valence-electron chi connectivity index (χ3n) is 7.20. The van der Waals surface area contributed by atoms with Gasteiger partial charge < -0.3 is 4.90 Å². The van der Waals surface area contributed by atoms with E-state index in [1.54, 1.807) is 24.4 Å². The predicted octanol–water partition coefficient (Wildman–Crippen LogP) is 8.86. The quantitative estimate of drug-likeness (QED) is 0.250. The smallest absolute Gasteiger partial charge is 0.317 e. The second kappa shape index (κ2) is 11.7. The van der Waals surface area contributed by atoms with Crippen LogP contribution < -0.4 is 4.90 Å². The van der Waals surface area contributed by atoms with E-state index in [-0.39, 0.29) is 12.1 Å². The normalized spacial score (nSPS) is 14.1. The van der Waals surface area contributed by atoms with Crippen LogP contribution in [0.5, 0.6) is 0 Å². The number of hydrogen-bond acceptors (Lipinski definition) is 2. The highest BCUT2D eigenvalue weighted by atomic mass is 19.4. The summed E-state index contributed by atoms with van der Waals surface area (Å²) in [7, 11) is 0. The SMILES string of the molecule is O=C(N(c1ccc(C(F)(F)F)cc1)c1ccccn1)N(Cc1ccc(-c2ccccc2)cc1)C1CCCCC1. The van der Waals surface area contributed by atoms with Crippen LogP contribution in [0.4, 0.5) is 29.5 Å². The molecule has 7 heteroatoms. The van der Waals surface area contributed by atoms with Crippen LogP contribution in [-0.2, 0) is 12.7 Å². The largest absolute Gasteiger partial charge is 0.416 e. The van der Waals surface area contributed by atoms with Gasteiger partial charge in [0.25, 0.3) is 0 Å². The molecule has 1 fully saturated rings. The second-order valence-corrected chi connectivity index (χ2v) is 9.83. The third-order valence-corrected chi connectivity index (χ3v) is 7.20. The van der Waals surface area contributed by atoms with Gasteiger partial charge in [-0.3, -0.25) is 0 Å². The monoisotopic (exact) mass is 529 g/mol. The van der Waals surface area contributed by atoms with E-state index in [2.05, 4.69) is 29.2 Å². The van der Waals surface area contributed by atoms with Crippen LogP contribution in [0.1, 0.15) is 43.2 Å². The molecule has 0 unspecified atom stereocenters. The number of aromatic nitrogens is 1. The lowest BCUT2D eigenvalue weighted by Gasteiger charge is -2.38. The molecular weight excluding hydrogens is 499 g/mol. The number of anilines is 2. The summed E-state index contributed by atoms with van der Waals surface area (Å²) in [6, 6.07) is 27.9. The Bertz CT molecular complexity index is 1350. The molecule has 0 spiro atoms. The molecule has 5 rings (SSSR count). The molecule has 0 aliphatic heterocycles. The first-order chi connectivity index (χ1) is 18.9. The van der Waals surface area contributed by atoms with Gasteiger partial charge in [0, 0.05) is 18.8 Å². The number of carbonyl (C=O) groups is 1. The first-order valence-corrected chi connectivity index (χ1v) is 13.2. The first kappa shape index (κ1) is 26.5. The van der Waals surface area contributed by atoms with Crippen molar-refractivity contribution >= 4 is 17.5 Å². The van der Waals surface area contributed by atoms with Gasteiger partial charge in [-0.1, -0.05) is 79.9 Å². The Balaban J connectivity index is 1.48. The van der Waals surface area contributed by atoms with Crippen molar-refractivity contribution in [3.8, 4) is 11.1 Å². The fourth-order valence-electron chi connectivity index (χ4n) is 5.13. The van der Waals surface area contributed by atoms with Crippen molar-refractivity contribution in [3.63, 3.8) is 0 Å². The fourth-order valence-corrected chi connectivity index (χ4v) is 5.13. The van der Waals surface area contributed by atoms with Gasteiger partial charge in [-0.05, 0) is 65.9 Å². The van der Waals surface area contributed by atoms with E-state index in [0.29, 0.717) is 18.1 Å². The van der Waals surface area contributed by atoms with Gasteiger partial charge in [0.1, 0.15) is 5.82 Å². The van der Waals surface area contributed by atoms with Crippen LogP contribution in [0, 0.1) is 0 Å². The van der Waals surface area contributed by atoms with Gasteiger partial charge in [-0.2, -0.15) is 13.2 Å². The van der Waals surface area contributed by atoms with Gasteiger partial charge in [-0.25, -0.2) is 14.7 Å². The van der Waals surface area contributed by atoms with Crippen molar-refractivity contribution in [3.05, 3.63) is 114 Å². The van der Waals surface area contributed by atoms with Gasteiger partial charge >= 0.3 is 12.2 Å². The Morgan fingerprint density at radius 1 is 0.769 bits per heavy atom. The van der Waals surface area contributed by atoms with Crippen molar-refractivity contribution in [2.24, 2.45) is 0 Å². The zero-order valence-electron chi connectivity index (χ0n) is 21.5. The number of pyridine rings is 1. The van der Waals surface area contributed by atoms with Crippen LogP contribution in [-0.4, -0.2) is 22.0 Å². The summed E-state index contributed by atoms with van der Waals surface area (Å²) in [5.41, 5.74) is 2.78. The number of alkyl halides is 3. The van der Waals surface area contributed by atoms with E-state index in [0.717, 1.165) is 60.9 Å². The summed E-state index contributed by atoms with van der Waals surface area (Å²) in [6.45, 7) is 0.391. The van der Waals surface area contributed by atoms with Crippen LogP contribution in [0.15, 0.2) is 103 Å². The van der Waals surface area contributed by atoms with Crippen LogP contribution in [0.25, 0.3) is 11.1 Å². The molecule has 39 heavy (non-hydrogen) atoms. The Labute approximate surface area is 226 Å². The molecule has 1 saturated carbocycles. The third kappa shape index (κ3) is 6.30. The molecule has 2 amide bonds. The molecule has 1 aliphatic rings. The molecule has 0 atom stereocenters. The van der Waals surface area contributed by atoms with Gasteiger partial charge in [0.2, 0.25) is 0 Å². The standard InChI is InChI=1S/C32H30F3N3O/c33-32(34,35)27-18-20-29(21-19-27)38(30-13-7-8-22-36-30)31(39)37(28-11-5-2-6-12-28)23-24-14-16-26(17-15-24)25-9-3-1-4-10-25/h1,3-4,7-10,13-22,28H,2,5-6,11-12,23H2. The Morgan fingerprint density at radius 3 is 2.03 bits per heavy atom. The lowest BCUT2D eigenvalue weighted by molar-refractivity contribution is -0.137. The Hall–Kier alpha value is -4.13. The minimum absolute atomic E-state index is 0.0284. The molecule has 200 valence electrons. The maximum absolute atomic E-state index is 14.3. The summed E-state index contributed by atoms with van der Waals surface area (Å²) >= 11 is 0. The average Bonchev–Trinajstić information content (AvgIpc) is 2.97. The van der Waals surface area contributed by atoms with Crippen molar-refractivity contribution in [2.45, 2.75) is 50.9 Å². The van der Waals surface area contributed by atoms with Gasteiger partial charge in [-0.15, -0.1) is 0 Å². The number of nitrogens with zero attached hydrogens (tertiary/aromatic N) is 3. The summed E-state index contributed by atoms with van der Waals surface area (Å²) in [5.74, 6) is 0.363. The minimum Gasteiger partial charge on any atom is -0.317 e. The van der Waals surface area contributed by atoms with E-state index in [1.807, 2.05) is 35.2 Å². The van der Waals surface area contributed by atoms with Gasteiger partial charge in [0.05, 0.1) is 11.3 Å². The summed E-state index contributed by atoms with van der Waals surface area (Å²) in [5, 5.41) is 0. The molecule has 0 bridgehead atoms. The van der Waals surface area contributed by atoms with Gasteiger partial charge in [0.15, 0.2) is 0 Å². The molecule has 0 saturated heterocycles. The number of carbonyl (C=O) groups excluding carboxylic acids is 1. The van der Waals surface area contributed by atoms with Crippen molar-refractivity contribution in [1.82, 2.24) is 9.88 Å². The summed E-state index contributed by atoms with van der Waals surface area (Å²) in [4.78, 5) is 22.0. The predicted molar refractivity (Wildman–Crippen MR) is 148 cm³/mol. The van der Waals surface area contributed by atoms with E-state index in [4.69, 9.17) is 0 Å². The molecule has 1 heterocycles. The lowest BCUT2D eigenvalue weighted by Crippen LogP contribution is -2.47. The first-order valence-electron chi connectivity index (χ1n) is 13.2. The van der Waals surface area contributed by atoms with Crippen LogP contribution in [0.2, 0.25) is 0 Å². The van der Waals surface area contributed by atoms with Crippen molar-refractivity contribution in [1.29, 1.82) is 0 Å². The molecule has 0 radical (unpaired) electrons. The molecule has 3 aromatic carbocycles. The average molecular weight is 530 g/mol. The fraction of sp³-hybridized carbons (Fsp3) is 0.250. The Morgan fingerprint density at radius 2 is 1.41 bits per heavy atom. The molecule has 4 nitrogen and oxygen atoms in total. The number of benzene rings is 3. The number of hydrogen-bond donors (Lipinski definition) is 0. The molecule has 4 aromatic rings. The highest BCUT2D eigenvalue weighted by Crippen LogP contribution is 2.34. The highest BCUT2D eigenvalue weighted by Gasteiger charge is 2.33. The van der Waals surface area contributed by atoms with E-state index in [9.17, 15) is 18.0 Å². The zero-order chi connectivity index (χ0) is 27.2. The van der Waals surface area contributed by atoms with Crippen molar-refractivity contribution in [2.75, 3.05) is 4.90 Å². The molecular formula is C32H30F3N3O. The topological polar surface area (TPSA) is 36.4 Å². The molecule has 1 aromatic heterocycles. The molecule has 1 aliphatic carbocycles. The van der Waals surface area contributed by atoms with Crippen LogP contribution >= 0.6 is 0 Å². The van der Waals surface area contributed by atoms with E-state index >= 15 is 0 Å². The highest BCUT2D eigenvalue weighted by molar-refractivity contribution is 5.98. The van der Waals surface area contributed by atoms with Crippen LogP contribution in [0.3, 0.4) is 0 Å². The summed E-state index contributed by atoms with van der Waals surface area (Å²) < 4.78 is 39.8. The second-order valence-electron chi connectivity index (χ2n) is 9.83. The minimum atomic E-state index is -4.46. The van der Waals surface area contributed by atoms with E-state index in [1.165, 1.54) is 17.0 Å². The molecule has 0 N–H and O–H groups in total. The maximum atomic E-state index is 14.3. The van der Waals surface area contributed by atoms with E-state index < -0.39 is 11.7 Å². The Kier molecular flexibility index (Phi) is 7.96. The summed E-state index contributed by atoms with van der Waals surface area (Å²) in [6.07, 6.45) is 2.09.